The molecule has 21 heavy (non-hydrogen) atoms. The highest BCUT2D eigenvalue weighted by atomic mass is 79.9. The Morgan fingerprint density at radius 1 is 0.810 bits per heavy atom. The van der Waals surface area contributed by atoms with E-state index in [2.05, 4.69) is 14.8 Å². The van der Waals surface area contributed by atoms with Crippen molar-refractivity contribution in [3.8, 4) is 0 Å². The fraction of sp³-hybridized carbons (Fsp3) is 0. The zero-order valence-electron chi connectivity index (χ0n) is 10.5. The molecule has 0 radical (unpaired) electrons. The van der Waals surface area contributed by atoms with Crippen molar-refractivity contribution >= 4 is 40.6 Å². The van der Waals surface area contributed by atoms with Crippen LogP contribution in [0, 0.1) is 0 Å². The van der Waals surface area contributed by atoms with Crippen LogP contribution in [-0.2, 0) is 8.27 Å². The molecule has 0 spiro atoms. The Balaban J connectivity index is 2.03. The number of carbonyl (C=O) groups excluding carboxylic acids is 2. The van der Waals surface area contributed by atoms with Gasteiger partial charge in [-0.2, -0.15) is 0 Å². The van der Waals surface area contributed by atoms with Gasteiger partial charge in [0.15, 0.2) is 0 Å². The fourth-order valence-corrected chi connectivity index (χ4v) is 3.29. The van der Waals surface area contributed by atoms with Gasteiger partial charge in [-0.25, -0.2) is 13.3 Å². The highest BCUT2D eigenvalue weighted by Crippen LogP contribution is 2.29. The maximum atomic E-state index is 12.3. The monoisotopic (exact) mass is 365 g/mol. The number of carbonyl (C=O) groups is 2. The van der Waals surface area contributed by atoms with Crippen LogP contribution in [0.5, 0.6) is 0 Å². The number of imide groups is 1. The van der Waals surface area contributed by atoms with Crippen molar-refractivity contribution in [3.05, 3.63) is 59.7 Å². The molecule has 2 aromatic rings. The number of anilines is 1. The average Bonchev–Trinajstić information content (AvgIpc) is 2.71. The summed E-state index contributed by atoms with van der Waals surface area (Å²) in [6, 6.07) is 12.1. The van der Waals surface area contributed by atoms with Crippen molar-refractivity contribution in [2.75, 3.05) is 4.90 Å². The highest BCUT2D eigenvalue weighted by Gasteiger charge is 2.36. The first kappa shape index (κ1) is 14.0. The Hall–Kier alpha value is -1.99. The first-order valence-corrected chi connectivity index (χ1v) is 9.25. The first-order chi connectivity index (χ1) is 9.89. The number of halogens is 1. The van der Waals surface area contributed by atoms with E-state index in [1.165, 1.54) is 24.3 Å². The van der Waals surface area contributed by atoms with Gasteiger partial charge in [0.1, 0.15) is 0 Å². The van der Waals surface area contributed by atoms with Crippen LogP contribution >= 0.6 is 14.8 Å². The number of rotatable bonds is 2. The van der Waals surface area contributed by atoms with Gasteiger partial charge in [-0.15, -0.1) is 0 Å². The van der Waals surface area contributed by atoms with E-state index in [0.29, 0.717) is 16.8 Å². The molecular weight excluding hydrogens is 358 g/mol. The Kier molecular flexibility index (Phi) is 3.18. The molecule has 2 aromatic carbocycles. The Labute approximate surface area is 128 Å². The Morgan fingerprint density at radius 2 is 1.29 bits per heavy atom. The van der Waals surface area contributed by atoms with E-state index >= 15 is 0 Å². The second kappa shape index (κ2) is 4.78. The van der Waals surface area contributed by atoms with Gasteiger partial charge in [0.25, 0.3) is 11.8 Å². The summed E-state index contributed by atoms with van der Waals surface area (Å²) in [4.78, 5) is 25.6. The average molecular weight is 366 g/mol. The summed E-state index contributed by atoms with van der Waals surface area (Å²) in [6.45, 7) is 0. The van der Waals surface area contributed by atoms with Crippen LogP contribution in [0.2, 0.25) is 0 Å². The van der Waals surface area contributed by atoms with Crippen LogP contribution in [0.3, 0.4) is 0 Å². The Bertz CT molecular complexity index is 824. The van der Waals surface area contributed by atoms with Crippen molar-refractivity contribution in [2.24, 2.45) is 0 Å². The van der Waals surface area contributed by atoms with Crippen LogP contribution in [0.25, 0.3) is 0 Å². The maximum Gasteiger partial charge on any atom is 0.266 e. The first-order valence-electron chi connectivity index (χ1n) is 5.92. The third kappa shape index (κ3) is 2.28. The molecule has 1 aliphatic rings. The summed E-state index contributed by atoms with van der Waals surface area (Å²) in [5, 5.41) is 0. The van der Waals surface area contributed by atoms with Crippen LogP contribution in [0.15, 0.2) is 53.4 Å². The number of hydrogen-bond acceptors (Lipinski definition) is 4. The quantitative estimate of drug-likeness (QED) is 0.605. The van der Waals surface area contributed by atoms with Crippen molar-refractivity contribution in [3.63, 3.8) is 0 Å². The van der Waals surface area contributed by atoms with Crippen molar-refractivity contribution in [1.82, 2.24) is 0 Å². The highest BCUT2D eigenvalue weighted by molar-refractivity contribution is 9.47. The number of fused-ring (bicyclic) bond motifs is 1. The van der Waals surface area contributed by atoms with Gasteiger partial charge in [0, 0.05) is 0 Å². The minimum Gasteiger partial charge on any atom is -0.268 e. The largest absolute Gasteiger partial charge is 0.268 e. The maximum absolute atomic E-state index is 12.3. The van der Waals surface area contributed by atoms with Gasteiger partial charge < -0.3 is 0 Å². The molecule has 0 fully saturated rings. The lowest BCUT2D eigenvalue weighted by molar-refractivity contribution is 0.0926. The van der Waals surface area contributed by atoms with Gasteiger partial charge in [-0.1, -0.05) is 12.1 Å². The summed E-state index contributed by atoms with van der Waals surface area (Å²) >= 11 is 2.57. The smallest absolute Gasteiger partial charge is 0.266 e. The molecule has 0 unspecified atom stereocenters. The molecule has 3 rings (SSSR count). The van der Waals surface area contributed by atoms with Gasteiger partial charge in [-0.3, -0.25) is 9.59 Å². The lowest BCUT2D eigenvalue weighted by atomic mass is 10.1. The molecule has 0 N–H and O–H groups in total. The van der Waals surface area contributed by atoms with Crippen LogP contribution in [0.4, 0.5) is 5.69 Å². The molecule has 0 aromatic heterocycles. The molecule has 0 saturated carbocycles. The van der Waals surface area contributed by atoms with Gasteiger partial charge in [0.05, 0.1) is 36.5 Å². The molecule has 0 saturated heterocycles. The number of benzene rings is 2. The summed E-state index contributed by atoms with van der Waals surface area (Å²) in [7, 11) is -3.50. The van der Waals surface area contributed by atoms with E-state index in [9.17, 15) is 18.0 Å². The molecule has 5 nitrogen and oxygen atoms in total. The third-order valence-electron chi connectivity index (χ3n) is 3.17. The molecule has 1 aliphatic heterocycles. The van der Waals surface area contributed by atoms with Crippen molar-refractivity contribution < 1.29 is 18.0 Å². The lowest BCUT2D eigenvalue weighted by Gasteiger charge is -2.13. The van der Waals surface area contributed by atoms with E-state index in [4.69, 9.17) is 0 Å². The SMILES string of the molecule is O=C1c2ccccc2C(=O)N1c1ccc(S(=O)(=O)Br)cc1. The number of nitrogens with zero attached hydrogens (tertiary/aromatic N) is 1. The van der Waals surface area contributed by atoms with Crippen LogP contribution in [0.1, 0.15) is 20.7 Å². The molecule has 0 aliphatic carbocycles. The van der Waals surface area contributed by atoms with E-state index in [0.717, 1.165) is 4.90 Å². The van der Waals surface area contributed by atoms with E-state index < -0.39 is 20.1 Å². The van der Waals surface area contributed by atoms with Gasteiger partial charge in [-0.05, 0) is 36.4 Å². The molecule has 2 amide bonds. The number of amides is 2. The summed E-state index contributed by atoms with van der Waals surface area (Å²) in [6.07, 6.45) is 0. The molecule has 7 heteroatoms. The second-order valence-corrected chi connectivity index (χ2v) is 8.33. The minimum atomic E-state index is -3.50. The zero-order chi connectivity index (χ0) is 15.2. The van der Waals surface area contributed by atoms with E-state index in [-0.39, 0.29) is 4.90 Å². The number of hydrogen-bond donors (Lipinski definition) is 0. The van der Waals surface area contributed by atoms with Gasteiger partial charge >= 0.3 is 0 Å². The van der Waals surface area contributed by atoms with Crippen LogP contribution in [-0.4, -0.2) is 20.2 Å². The Morgan fingerprint density at radius 3 is 1.71 bits per heavy atom. The third-order valence-corrected chi connectivity index (χ3v) is 5.13. The standard InChI is InChI=1S/C14H8BrNO4S/c15-21(19,20)10-7-5-9(6-8-10)16-13(17)11-3-1-2-4-12(11)14(16)18/h1-8H. The van der Waals surface area contributed by atoms with E-state index in [1.54, 1.807) is 24.3 Å². The van der Waals surface area contributed by atoms with E-state index in [1.807, 2.05) is 0 Å². The molecule has 0 bridgehead atoms. The second-order valence-electron chi connectivity index (χ2n) is 4.42. The molecule has 106 valence electrons. The predicted octanol–water partition coefficient (Wildman–Crippen LogP) is 2.57. The minimum absolute atomic E-state index is 0.0582. The fourth-order valence-electron chi connectivity index (χ4n) is 2.18. The molecular formula is C14H8BrNO4S. The lowest BCUT2D eigenvalue weighted by Crippen LogP contribution is -2.29. The summed E-state index contributed by atoms with van der Waals surface area (Å²) in [5.74, 6) is -0.824. The van der Waals surface area contributed by atoms with Crippen molar-refractivity contribution in [1.29, 1.82) is 0 Å². The topological polar surface area (TPSA) is 71.5 Å². The zero-order valence-corrected chi connectivity index (χ0v) is 12.9. The predicted molar refractivity (Wildman–Crippen MR) is 80.1 cm³/mol. The summed E-state index contributed by atoms with van der Waals surface area (Å²) < 4.78 is 22.7. The van der Waals surface area contributed by atoms with Crippen LogP contribution < -0.4 is 4.90 Å². The molecule has 1 heterocycles. The summed E-state index contributed by atoms with van der Waals surface area (Å²) in [5.41, 5.74) is 1.03. The normalized spacial score (nSPS) is 14.4. The molecule has 0 atom stereocenters. The van der Waals surface area contributed by atoms with Crippen molar-refractivity contribution in [2.45, 2.75) is 4.90 Å². The van der Waals surface area contributed by atoms with Gasteiger partial charge in [0.2, 0.25) is 8.27 Å².